The first-order chi connectivity index (χ1) is 8.93. The Labute approximate surface area is 115 Å². The molecule has 2 N–H and O–H groups in total. The normalized spacial score (nSPS) is 11.6. The fraction of sp³-hybridized carbons (Fsp3) is 0.538. The zero-order valence-electron chi connectivity index (χ0n) is 11.6. The number of ether oxygens (including phenoxy) is 1. The maximum Gasteiger partial charge on any atom is 0.232 e. The Morgan fingerprint density at radius 1 is 1.32 bits per heavy atom. The second kappa shape index (κ2) is 7.35. The van der Waals surface area contributed by atoms with Gasteiger partial charge in [-0.15, -0.1) is 0 Å². The molecule has 0 heterocycles. The summed E-state index contributed by atoms with van der Waals surface area (Å²) >= 11 is 0. The van der Waals surface area contributed by atoms with Crippen molar-refractivity contribution in [3.63, 3.8) is 0 Å². The first kappa shape index (κ1) is 15.8. The van der Waals surface area contributed by atoms with Crippen LogP contribution in [0.2, 0.25) is 0 Å². The lowest BCUT2D eigenvalue weighted by Crippen LogP contribution is -2.26. The Morgan fingerprint density at radius 3 is 2.68 bits per heavy atom. The van der Waals surface area contributed by atoms with Gasteiger partial charge in [-0.25, -0.2) is 8.42 Å². The van der Waals surface area contributed by atoms with Gasteiger partial charge in [0.2, 0.25) is 10.0 Å². The third-order valence-corrected chi connectivity index (χ3v) is 3.86. The Morgan fingerprint density at radius 2 is 2.05 bits per heavy atom. The molecule has 0 atom stereocenters. The summed E-state index contributed by atoms with van der Waals surface area (Å²) in [6.07, 6.45) is 0.581. The molecule has 108 valence electrons. The van der Waals surface area contributed by atoms with E-state index in [1.54, 1.807) is 31.4 Å². The van der Waals surface area contributed by atoms with Gasteiger partial charge in [0.15, 0.2) is 0 Å². The fourth-order valence-electron chi connectivity index (χ4n) is 1.57. The zero-order valence-corrected chi connectivity index (χ0v) is 12.5. The number of nitrogens with one attached hydrogen (secondary N) is 2. The topological polar surface area (TPSA) is 67.4 Å². The highest BCUT2D eigenvalue weighted by Crippen LogP contribution is 2.17. The lowest BCUT2D eigenvalue weighted by Gasteiger charge is -2.10. The minimum absolute atomic E-state index is 0.101. The molecule has 0 aliphatic heterocycles. The van der Waals surface area contributed by atoms with Crippen molar-refractivity contribution in [2.45, 2.75) is 26.3 Å². The van der Waals surface area contributed by atoms with Gasteiger partial charge < -0.3 is 10.1 Å². The van der Waals surface area contributed by atoms with E-state index in [9.17, 15) is 8.42 Å². The quantitative estimate of drug-likeness (QED) is 0.715. The fourth-order valence-corrected chi connectivity index (χ4v) is 2.68. The van der Waals surface area contributed by atoms with Gasteiger partial charge >= 0.3 is 0 Å². The molecule has 0 aliphatic rings. The number of benzene rings is 1. The van der Waals surface area contributed by atoms with Gasteiger partial charge in [-0.1, -0.05) is 19.9 Å². The molecule has 0 saturated heterocycles. The first-order valence-corrected chi connectivity index (χ1v) is 7.96. The number of rotatable bonds is 8. The highest BCUT2D eigenvalue weighted by Gasteiger charge is 2.10. The number of methoxy groups -OCH3 is 1. The van der Waals surface area contributed by atoms with Crippen LogP contribution < -0.4 is 14.8 Å². The Bertz CT molecular complexity index is 486. The van der Waals surface area contributed by atoms with E-state index < -0.39 is 10.0 Å². The summed E-state index contributed by atoms with van der Waals surface area (Å²) < 4.78 is 31.3. The summed E-state index contributed by atoms with van der Waals surface area (Å²) in [5, 5.41) is 3.19. The molecule has 0 aliphatic carbocycles. The molecule has 1 rings (SSSR count). The molecule has 6 heteroatoms. The first-order valence-electron chi connectivity index (χ1n) is 6.31. The van der Waals surface area contributed by atoms with E-state index in [1.807, 2.05) is 13.8 Å². The van der Waals surface area contributed by atoms with Crippen LogP contribution in [0.1, 0.15) is 20.3 Å². The third kappa shape index (κ3) is 6.45. The van der Waals surface area contributed by atoms with Gasteiger partial charge in [-0.2, -0.15) is 0 Å². The second-order valence-electron chi connectivity index (χ2n) is 4.62. The van der Waals surface area contributed by atoms with E-state index in [0.29, 0.717) is 30.4 Å². The highest BCUT2D eigenvalue weighted by molar-refractivity contribution is 7.92. The molecule has 19 heavy (non-hydrogen) atoms. The van der Waals surface area contributed by atoms with E-state index in [4.69, 9.17) is 4.74 Å². The van der Waals surface area contributed by atoms with Gasteiger partial charge in [0.05, 0.1) is 18.6 Å². The molecule has 0 radical (unpaired) electrons. The SMILES string of the molecule is COc1cccc(NS(=O)(=O)CCCNC(C)C)c1. The van der Waals surface area contributed by atoms with Gasteiger partial charge in [-0.05, 0) is 25.1 Å². The van der Waals surface area contributed by atoms with Crippen LogP contribution in [0.5, 0.6) is 5.75 Å². The van der Waals surface area contributed by atoms with Crippen LogP contribution in [0, 0.1) is 0 Å². The van der Waals surface area contributed by atoms with Crippen molar-refractivity contribution in [1.82, 2.24) is 5.32 Å². The average Bonchev–Trinajstić information content (AvgIpc) is 2.34. The van der Waals surface area contributed by atoms with E-state index in [-0.39, 0.29) is 5.75 Å². The maximum absolute atomic E-state index is 11.9. The summed E-state index contributed by atoms with van der Waals surface area (Å²) in [6, 6.07) is 7.24. The lowest BCUT2D eigenvalue weighted by atomic mass is 10.3. The molecule has 0 spiro atoms. The van der Waals surface area contributed by atoms with Gasteiger partial charge in [0.1, 0.15) is 5.75 Å². The van der Waals surface area contributed by atoms with Crippen molar-refractivity contribution >= 4 is 15.7 Å². The van der Waals surface area contributed by atoms with E-state index in [2.05, 4.69) is 10.0 Å². The van der Waals surface area contributed by atoms with E-state index in [1.165, 1.54) is 0 Å². The Kier molecular flexibility index (Phi) is 6.11. The van der Waals surface area contributed by atoms with Crippen LogP contribution in [0.4, 0.5) is 5.69 Å². The van der Waals surface area contributed by atoms with Crippen LogP contribution in [0.15, 0.2) is 24.3 Å². The van der Waals surface area contributed by atoms with Crippen LogP contribution in [0.3, 0.4) is 0 Å². The minimum atomic E-state index is -3.30. The Hall–Kier alpha value is -1.27. The summed E-state index contributed by atoms with van der Waals surface area (Å²) in [6.45, 7) is 4.75. The molecule has 0 bridgehead atoms. The summed E-state index contributed by atoms with van der Waals surface area (Å²) in [7, 11) is -1.76. The van der Waals surface area contributed by atoms with Crippen molar-refractivity contribution in [1.29, 1.82) is 0 Å². The highest BCUT2D eigenvalue weighted by atomic mass is 32.2. The Balaban J connectivity index is 2.49. The van der Waals surface area contributed by atoms with Crippen molar-refractivity contribution < 1.29 is 13.2 Å². The van der Waals surface area contributed by atoms with Crippen molar-refractivity contribution in [3.05, 3.63) is 24.3 Å². The molecule has 0 saturated carbocycles. The summed E-state index contributed by atoms with van der Waals surface area (Å²) in [5.41, 5.74) is 0.524. The monoisotopic (exact) mass is 286 g/mol. The van der Waals surface area contributed by atoms with Gasteiger partial charge in [0.25, 0.3) is 0 Å². The number of anilines is 1. The van der Waals surface area contributed by atoms with Crippen molar-refractivity contribution in [2.75, 3.05) is 24.1 Å². The number of sulfonamides is 1. The van der Waals surface area contributed by atoms with Crippen LogP contribution in [-0.2, 0) is 10.0 Å². The number of hydrogen-bond acceptors (Lipinski definition) is 4. The summed E-state index contributed by atoms with van der Waals surface area (Å²) in [4.78, 5) is 0. The predicted molar refractivity (Wildman–Crippen MR) is 78.2 cm³/mol. The number of hydrogen-bond donors (Lipinski definition) is 2. The maximum atomic E-state index is 11.9. The molecule has 1 aromatic rings. The van der Waals surface area contributed by atoms with Crippen LogP contribution in [0.25, 0.3) is 0 Å². The average molecular weight is 286 g/mol. The molecule has 1 aromatic carbocycles. The van der Waals surface area contributed by atoms with Crippen molar-refractivity contribution in [3.8, 4) is 5.75 Å². The minimum Gasteiger partial charge on any atom is -0.497 e. The third-order valence-electron chi connectivity index (χ3n) is 2.49. The molecular formula is C13H22N2O3S. The molecule has 0 amide bonds. The van der Waals surface area contributed by atoms with E-state index >= 15 is 0 Å². The smallest absolute Gasteiger partial charge is 0.232 e. The zero-order chi connectivity index (χ0) is 14.3. The molecule has 0 fully saturated rings. The molecule has 0 aromatic heterocycles. The lowest BCUT2D eigenvalue weighted by molar-refractivity contribution is 0.415. The van der Waals surface area contributed by atoms with Gasteiger partial charge in [-0.3, -0.25) is 4.72 Å². The molecule has 5 nitrogen and oxygen atoms in total. The van der Waals surface area contributed by atoms with Crippen LogP contribution >= 0.6 is 0 Å². The standard InChI is InChI=1S/C13H22N2O3S/c1-11(2)14-8-5-9-19(16,17)15-12-6-4-7-13(10-12)18-3/h4,6-7,10-11,14-15H,5,8-9H2,1-3H3. The van der Waals surface area contributed by atoms with E-state index in [0.717, 1.165) is 0 Å². The van der Waals surface area contributed by atoms with Crippen molar-refractivity contribution in [2.24, 2.45) is 0 Å². The second-order valence-corrected chi connectivity index (χ2v) is 6.46. The molecule has 0 unspecified atom stereocenters. The predicted octanol–water partition coefficient (Wildman–Crippen LogP) is 1.82. The van der Waals surface area contributed by atoms with Crippen LogP contribution in [-0.4, -0.2) is 33.9 Å². The largest absolute Gasteiger partial charge is 0.497 e. The molecular weight excluding hydrogens is 264 g/mol. The van der Waals surface area contributed by atoms with Gasteiger partial charge in [0, 0.05) is 12.1 Å². The summed E-state index contributed by atoms with van der Waals surface area (Å²) in [5.74, 6) is 0.728.